The minimum Gasteiger partial charge on any atom is -0.253 e. The second-order valence-corrected chi connectivity index (χ2v) is 2.16. The monoisotopic (exact) mass is 142 g/mol. The van der Waals surface area contributed by atoms with E-state index in [1.165, 1.54) is 4.57 Å². The molecular weight excluding hydrogens is 138 g/mol. The normalized spacial score (nSPS) is 9.73. The summed E-state index contributed by atoms with van der Waals surface area (Å²) in [6.07, 6.45) is 8.04. The first-order valence-corrected chi connectivity index (χ1v) is 3.15. The average molecular weight is 142 g/mol. The molecule has 0 spiro atoms. The quantitative estimate of drug-likeness (QED) is 0.554. The molecule has 0 aliphatic carbocycles. The maximum absolute atomic E-state index is 8.60. The Kier molecular flexibility index (Phi) is 1.13. The van der Waals surface area contributed by atoms with E-state index >= 15 is 0 Å². The number of rotatable bonds is 0. The van der Waals surface area contributed by atoms with Crippen LogP contribution in [0.3, 0.4) is 0 Å². The van der Waals surface area contributed by atoms with Gasteiger partial charge < -0.3 is 0 Å². The number of hydrogen-bond acceptors (Lipinski definition) is 2. The minimum absolute atomic E-state index is 0.825. The van der Waals surface area contributed by atoms with E-state index in [9.17, 15) is 0 Å². The van der Waals surface area contributed by atoms with E-state index in [2.05, 4.69) is 11.2 Å². The lowest BCUT2D eigenvalue weighted by Crippen LogP contribution is -1.83. The topological polar surface area (TPSA) is 41.6 Å². The minimum atomic E-state index is 0.825. The molecule has 0 atom stereocenters. The average Bonchev–Trinajstić information content (AvgIpc) is 2.47. The molecule has 0 aliphatic heterocycles. The van der Waals surface area contributed by atoms with Crippen LogP contribution < -0.4 is 0 Å². The molecule has 0 aliphatic rings. The Hall–Kier alpha value is -1.82. The highest BCUT2D eigenvalue weighted by atomic mass is 15.0. The molecule has 2 aromatic rings. The zero-order chi connectivity index (χ0) is 7.68. The molecule has 0 saturated heterocycles. The fourth-order valence-corrected chi connectivity index (χ4v) is 1.01. The Morgan fingerprint density at radius 3 is 3.36 bits per heavy atom. The predicted molar refractivity (Wildman–Crippen MR) is 39.6 cm³/mol. The SMILES string of the molecule is N#Cn1ccc2c[c]ncc21. The van der Waals surface area contributed by atoms with E-state index in [4.69, 9.17) is 5.26 Å². The van der Waals surface area contributed by atoms with Crippen molar-refractivity contribution in [2.75, 3.05) is 0 Å². The van der Waals surface area contributed by atoms with E-state index in [1.807, 2.05) is 12.3 Å². The van der Waals surface area contributed by atoms with Gasteiger partial charge >= 0.3 is 0 Å². The van der Waals surface area contributed by atoms with Crippen LogP contribution in [-0.4, -0.2) is 9.55 Å². The Balaban J connectivity index is 2.89. The van der Waals surface area contributed by atoms with Crippen LogP contribution in [0.25, 0.3) is 10.9 Å². The molecule has 51 valence electrons. The number of fused-ring (bicyclic) bond motifs is 1. The zero-order valence-corrected chi connectivity index (χ0v) is 5.65. The van der Waals surface area contributed by atoms with Gasteiger partial charge in [-0.2, -0.15) is 5.26 Å². The highest BCUT2D eigenvalue weighted by molar-refractivity contribution is 5.79. The van der Waals surface area contributed by atoms with Gasteiger partial charge in [0.25, 0.3) is 0 Å². The van der Waals surface area contributed by atoms with Gasteiger partial charge in [-0.15, -0.1) is 0 Å². The highest BCUT2D eigenvalue weighted by Gasteiger charge is 1.97. The molecule has 0 fully saturated rings. The number of hydrogen-bond donors (Lipinski definition) is 0. The maximum Gasteiger partial charge on any atom is 0.188 e. The van der Waals surface area contributed by atoms with Gasteiger partial charge in [0.05, 0.1) is 17.9 Å². The van der Waals surface area contributed by atoms with Crippen LogP contribution in [0, 0.1) is 17.7 Å². The third-order valence-corrected chi connectivity index (χ3v) is 1.55. The van der Waals surface area contributed by atoms with E-state index in [-0.39, 0.29) is 0 Å². The lowest BCUT2D eigenvalue weighted by molar-refractivity contribution is 1.14. The van der Waals surface area contributed by atoms with Gasteiger partial charge in [-0.3, -0.25) is 9.55 Å². The molecule has 3 nitrogen and oxygen atoms in total. The first-order chi connectivity index (χ1) is 5.42. The Bertz CT molecular complexity index is 422. The Labute approximate surface area is 63.5 Å². The van der Waals surface area contributed by atoms with Crippen molar-refractivity contribution in [3.05, 3.63) is 30.7 Å². The lowest BCUT2D eigenvalue weighted by Gasteiger charge is -1.88. The summed E-state index contributed by atoms with van der Waals surface area (Å²) in [5.41, 5.74) is 0.825. The summed E-state index contributed by atoms with van der Waals surface area (Å²) in [6, 6.07) is 3.61. The van der Waals surface area contributed by atoms with Gasteiger partial charge in [-0.25, -0.2) is 0 Å². The summed E-state index contributed by atoms with van der Waals surface area (Å²) in [4.78, 5) is 3.80. The molecule has 3 heteroatoms. The van der Waals surface area contributed by atoms with Crippen molar-refractivity contribution in [1.29, 1.82) is 5.26 Å². The van der Waals surface area contributed by atoms with Crippen LogP contribution in [0.4, 0.5) is 0 Å². The molecule has 2 rings (SSSR count). The molecule has 2 heterocycles. The van der Waals surface area contributed by atoms with Crippen molar-refractivity contribution in [2.45, 2.75) is 0 Å². The van der Waals surface area contributed by atoms with Gasteiger partial charge in [0.2, 0.25) is 0 Å². The number of aromatic nitrogens is 2. The molecule has 0 bridgehead atoms. The summed E-state index contributed by atoms with van der Waals surface area (Å²) in [7, 11) is 0. The number of nitriles is 1. The van der Waals surface area contributed by atoms with E-state index in [0.29, 0.717) is 0 Å². The predicted octanol–water partition coefficient (Wildman–Crippen LogP) is 1.17. The first-order valence-electron chi connectivity index (χ1n) is 3.15. The molecular formula is C8H4N3. The van der Waals surface area contributed by atoms with Crippen molar-refractivity contribution in [3.8, 4) is 6.19 Å². The highest BCUT2D eigenvalue weighted by Crippen LogP contribution is 2.11. The van der Waals surface area contributed by atoms with Crippen LogP contribution >= 0.6 is 0 Å². The second-order valence-electron chi connectivity index (χ2n) is 2.16. The second kappa shape index (κ2) is 2.10. The number of pyridine rings is 1. The molecule has 11 heavy (non-hydrogen) atoms. The van der Waals surface area contributed by atoms with E-state index in [0.717, 1.165) is 10.9 Å². The van der Waals surface area contributed by atoms with Gasteiger partial charge in [0, 0.05) is 11.6 Å². The van der Waals surface area contributed by atoms with Gasteiger partial charge in [0.1, 0.15) is 0 Å². The summed E-state index contributed by atoms with van der Waals surface area (Å²) in [5, 5.41) is 9.59. The van der Waals surface area contributed by atoms with E-state index < -0.39 is 0 Å². The fraction of sp³-hybridized carbons (Fsp3) is 0. The largest absolute Gasteiger partial charge is 0.253 e. The van der Waals surface area contributed by atoms with Crippen LogP contribution in [0.15, 0.2) is 24.5 Å². The molecule has 2 aromatic heterocycles. The fourth-order valence-electron chi connectivity index (χ4n) is 1.01. The van der Waals surface area contributed by atoms with E-state index in [1.54, 1.807) is 18.5 Å². The Morgan fingerprint density at radius 1 is 1.64 bits per heavy atom. The first kappa shape index (κ1) is 5.93. The van der Waals surface area contributed by atoms with Crippen molar-refractivity contribution >= 4 is 10.9 Å². The summed E-state index contributed by atoms with van der Waals surface area (Å²) in [6.45, 7) is 0. The van der Waals surface area contributed by atoms with Crippen LogP contribution in [0.1, 0.15) is 0 Å². The Morgan fingerprint density at radius 2 is 2.55 bits per heavy atom. The van der Waals surface area contributed by atoms with Crippen LogP contribution in [-0.2, 0) is 0 Å². The van der Waals surface area contributed by atoms with Crippen LogP contribution in [0.2, 0.25) is 0 Å². The summed E-state index contributed by atoms with van der Waals surface area (Å²) < 4.78 is 1.47. The molecule has 0 amide bonds. The molecule has 0 saturated carbocycles. The van der Waals surface area contributed by atoms with Crippen molar-refractivity contribution in [3.63, 3.8) is 0 Å². The molecule has 0 N–H and O–H groups in total. The molecule has 1 radical (unpaired) electrons. The van der Waals surface area contributed by atoms with Crippen molar-refractivity contribution in [1.82, 2.24) is 9.55 Å². The van der Waals surface area contributed by atoms with Gasteiger partial charge in [-0.05, 0) is 12.1 Å². The third kappa shape index (κ3) is 0.767. The summed E-state index contributed by atoms with van der Waals surface area (Å²) in [5.74, 6) is 0. The number of nitrogens with zero attached hydrogens (tertiary/aromatic N) is 3. The van der Waals surface area contributed by atoms with Crippen molar-refractivity contribution < 1.29 is 0 Å². The summed E-state index contributed by atoms with van der Waals surface area (Å²) >= 11 is 0. The molecule has 0 unspecified atom stereocenters. The third-order valence-electron chi connectivity index (χ3n) is 1.55. The standard InChI is InChI=1S/C8H4N3/c9-6-11-4-2-7-1-3-10-5-8(7)11/h1-2,4-5H. The van der Waals surface area contributed by atoms with Gasteiger partial charge in [-0.1, -0.05) is 0 Å². The zero-order valence-electron chi connectivity index (χ0n) is 5.65. The van der Waals surface area contributed by atoms with Crippen molar-refractivity contribution in [2.24, 2.45) is 0 Å². The smallest absolute Gasteiger partial charge is 0.188 e. The lowest BCUT2D eigenvalue weighted by atomic mass is 10.3. The maximum atomic E-state index is 8.60. The van der Waals surface area contributed by atoms with Crippen LogP contribution in [0.5, 0.6) is 0 Å². The molecule has 0 aromatic carbocycles. The van der Waals surface area contributed by atoms with Gasteiger partial charge in [0.15, 0.2) is 6.19 Å².